The molecule has 80 valence electrons. The van der Waals surface area contributed by atoms with Crippen LogP contribution in [0.4, 0.5) is 0 Å². The summed E-state index contributed by atoms with van der Waals surface area (Å²) in [4.78, 5) is 0. The molecule has 0 radical (unpaired) electrons. The second-order valence-electron chi connectivity index (χ2n) is 4.23. The number of hydrogen-bond donors (Lipinski definition) is 1. The van der Waals surface area contributed by atoms with Crippen LogP contribution in [0, 0.1) is 0 Å². The number of aromatic nitrogens is 1. The maximum atomic E-state index is 10.0. The summed E-state index contributed by atoms with van der Waals surface area (Å²) in [5.74, 6) is 0.385. The van der Waals surface area contributed by atoms with Crippen molar-refractivity contribution in [1.82, 2.24) is 4.57 Å². The van der Waals surface area contributed by atoms with Gasteiger partial charge in [0.1, 0.15) is 0 Å². The van der Waals surface area contributed by atoms with Gasteiger partial charge < -0.3 is 9.67 Å². The summed E-state index contributed by atoms with van der Waals surface area (Å²) < 4.78 is 1.91. The van der Waals surface area contributed by atoms with Crippen LogP contribution in [0.15, 0.2) is 24.4 Å². The summed E-state index contributed by atoms with van der Waals surface area (Å²) >= 11 is 0. The summed E-state index contributed by atoms with van der Waals surface area (Å²) in [6, 6.07) is 6.56. The lowest BCUT2D eigenvalue weighted by molar-refractivity contribution is 0.405. The summed E-state index contributed by atoms with van der Waals surface area (Å²) in [5, 5.41) is 12.1. The fourth-order valence-electron chi connectivity index (χ4n) is 1.87. The van der Waals surface area contributed by atoms with Crippen molar-refractivity contribution < 1.29 is 5.11 Å². The molecule has 0 aliphatic carbocycles. The van der Waals surface area contributed by atoms with Gasteiger partial charge in [0.2, 0.25) is 0 Å². The Morgan fingerprint density at radius 1 is 1.33 bits per heavy atom. The van der Waals surface area contributed by atoms with Gasteiger partial charge in [-0.05, 0) is 31.9 Å². The molecule has 0 atom stereocenters. The second kappa shape index (κ2) is 3.61. The maximum Gasteiger partial charge on any atom is 0.199 e. The molecule has 2 heteroatoms. The number of hydrogen-bond acceptors (Lipinski definition) is 1. The monoisotopic (exact) mass is 203 g/mol. The van der Waals surface area contributed by atoms with Crippen LogP contribution in [0.1, 0.15) is 32.4 Å². The average Bonchev–Trinajstić information content (AvgIpc) is 2.56. The van der Waals surface area contributed by atoms with Gasteiger partial charge in [-0.1, -0.05) is 19.1 Å². The lowest BCUT2D eigenvalue weighted by Crippen LogP contribution is -1.96. The average molecular weight is 203 g/mol. The van der Waals surface area contributed by atoms with Crippen LogP contribution in [0.3, 0.4) is 0 Å². The molecule has 2 aromatic rings. The van der Waals surface area contributed by atoms with Crippen molar-refractivity contribution in [1.29, 1.82) is 0 Å². The second-order valence-corrected chi connectivity index (χ2v) is 4.23. The Balaban J connectivity index is 2.66. The minimum atomic E-state index is 0.294. The molecule has 0 amide bonds. The molecule has 0 saturated carbocycles. The zero-order valence-corrected chi connectivity index (χ0v) is 9.49. The first-order valence-corrected chi connectivity index (χ1v) is 5.46. The van der Waals surface area contributed by atoms with E-state index in [-0.39, 0.29) is 0 Å². The van der Waals surface area contributed by atoms with Gasteiger partial charge in [0, 0.05) is 23.0 Å². The highest BCUT2D eigenvalue weighted by Gasteiger charge is 2.10. The largest absolute Gasteiger partial charge is 0.494 e. The SMILES string of the molecule is CCc1ccc2cn(C(C)C)c(O)c2c1. The van der Waals surface area contributed by atoms with Crippen LogP contribution >= 0.6 is 0 Å². The topological polar surface area (TPSA) is 25.2 Å². The Bertz CT molecular complexity index is 482. The zero-order chi connectivity index (χ0) is 11.0. The van der Waals surface area contributed by atoms with Crippen molar-refractivity contribution in [3.8, 4) is 5.88 Å². The predicted octanol–water partition coefficient (Wildman–Crippen LogP) is 3.49. The van der Waals surface area contributed by atoms with E-state index in [1.807, 2.05) is 10.8 Å². The molecular formula is C13H17NO. The number of rotatable bonds is 2. The molecular weight excluding hydrogens is 186 g/mol. The maximum absolute atomic E-state index is 10.0. The molecule has 0 saturated heterocycles. The van der Waals surface area contributed by atoms with Crippen LogP contribution < -0.4 is 0 Å². The number of benzene rings is 1. The zero-order valence-electron chi connectivity index (χ0n) is 9.49. The molecule has 0 spiro atoms. The van der Waals surface area contributed by atoms with Gasteiger partial charge in [0.05, 0.1) is 0 Å². The Morgan fingerprint density at radius 2 is 2.07 bits per heavy atom. The van der Waals surface area contributed by atoms with Gasteiger partial charge in [-0.3, -0.25) is 0 Å². The highest BCUT2D eigenvalue weighted by atomic mass is 16.3. The van der Waals surface area contributed by atoms with E-state index in [9.17, 15) is 5.11 Å². The van der Waals surface area contributed by atoms with E-state index in [1.54, 1.807) is 0 Å². The molecule has 0 aliphatic rings. The molecule has 0 unspecified atom stereocenters. The molecule has 15 heavy (non-hydrogen) atoms. The number of aromatic hydroxyl groups is 1. The van der Waals surface area contributed by atoms with E-state index >= 15 is 0 Å². The Morgan fingerprint density at radius 3 is 2.67 bits per heavy atom. The predicted molar refractivity (Wildman–Crippen MR) is 63.4 cm³/mol. The minimum absolute atomic E-state index is 0.294. The van der Waals surface area contributed by atoms with Gasteiger partial charge in [0.25, 0.3) is 0 Å². The first kappa shape index (κ1) is 10.1. The fraction of sp³-hybridized carbons (Fsp3) is 0.385. The summed E-state index contributed by atoms with van der Waals surface area (Å²) in [5.41, 5.74) is 1.26. The number of aryl methyl sites for hydroxylation is 1. The fourth-order valence-corrected chi connectivity index (χ4v) is 1.87. The van der Waals surface area contributed by atoms with Crippen molar-refractivity contribution in [2.75, 3.05) is 0 Å². The molecule has 1 N–H and O–H groups in total. The normalized spacial score (nSPS) is 11.5. The van der Waals surface area contributed by atoms with E-state index < -0.39 is 0 Å². The molecule has 1 heterocycles. The Hall–Kier alpha value is -1.44. The van der Waals surface area contributed by atoms with E-state index in [0.717, 1.165) is 17.2 Å². The smallest absolute Gasteiger partial charge is 0.199 e. The lowest BCUT2D eigenvalue weighted by atomic mass is 10.1. The molecule has 2 rings (SSSR count). The van der Waals surface area contributed by atoms with Crippen LogP contribution in [-0.4, -0.2) is 9.67 Å². The van der Waals surface area contributed by atoms with Crippen molar-refractivity contribution in [3.63, 3.8) is 0 Å². The highest BCUT2D eigenvalue weighted by Crippen LogP contribution is 2.30. The third-order valence-corrected chi connectivity index (χ3v) is 2.85. The molecule has 0 aliphatic heterocycles. The van der Waals surface area contributed by atoms with Gasteiger partial charge >= 0.3 is 0 Å². The van der Waals surface area contributed by atoms with E-state index in [1.165, 1.54) is 5.56 Å². The van der Waals surface area contributed by atoms with E-state index in [2.05, 4.69) is 39.0 Å². The summed E-state index contributed by atoms with van der Waals surface area (Å²) in [7, 11) is 0. The van der Waals surface area contributed by atoms with Crippen LogP contribution in [0.25, 0.3) is 10.8 Å². The molecule has 1 aromatic carbocycles. The molecule has 0 fully saturated rings. The van der Waals surface area contributed by atoms with Crippen molar-refractivity contribution in [2.24, 2.45) is 0 Å². The molecule has 2 nitrogen and oxygen atoms in total. The Kier molecular flexibility index (Phi) is 2.43. The summed E-state index contributed by atoms with van der Waals surface area (Å²) in [6.07, 6.45) is 3.01. The van der Waals surface area contributed by atoms with Gasteiger partial charge in [0.15, 0.2) is 5.88 Å². The highest BCUT2D eigenvalue weighted by molar-refractivity contribution is 5.88. The first-order valence-electron chi connectivity index (χ1n) is 5.46. The Labute approximate surface area is 90.2 Å². The van der Waals surface area contributed by atoms with Crippen LogP contribution in [0.5, 0.6) is 5.88 Å². The quantitative estimate of drug-likeness (QED) is 0.794. The van der Waals surface area contributed by atoms with Gasteiger partial charge in [-0.25, -0.2) is 0 Å². The number of nitrogens with zero attached hydrogens (tertiary/aromatic N) is 1. The first-order chi connectivity index (χ1) is 7.13. The molecule has 0 bridgehead atoms. The van der Waals surface area contributed by atoms with Crippen LogP contribution in [0.2, 0.25) is 0 Å². The van der Waals surface area contributed by atoms with Crippen molar-refractivity contribution >= 4 is 10.8 Å². The minimum Gasteiger partial charge on any atom is -0.494 e. The van der Waals surface area contributed by atoms with Gasteiger partial charge in [-0.2, -0.15) is 0 Å². The number of fused-ring (bicyclic) bond motifs is 1. The van der Waals surface area contributed by atoms with Crippen LogP contribution in [-0.2, 0) is 6.42 Å². The summed E-state index contributed by atoms with van der Waals surface area (Å²) in [6.45, 7) is 6.26. The standard InChI is InChI=1S/C13H17NO/c1-4-10-5-6-11-8-14(9(2)3)13(15)12(11)7-10/h5-9,15H,4H2,1-3H3. The van der Waals surface area contributed by atoms with Crippen molar-refractivity contribution in [3.05, 3.63) is 30.0 Å². The van der Waals surface area contributed by atoms with Crippen molar-refractivity contribution in [2.45, 2.75) is 33.2 Å². The third kappa shape index (κ3) is 1.60. The van der Waals surface area contributed by atoms with Gasteiger partial charge in [-0.15, -0.1) is 0 Å². The van der Waals surface area contributed by atoms with E-state index in [0.29, 0.717) is 11.9 Å². The third-order valence-electron chi connectivity index (χ3n) is 2.85. The molecule has 1 aromatic heterocycles. The van der Waals surface area contributed by atoms with E-state index in [4.69, 9.17) is 0 Å². The lowest BCUT2D eigenvalue weighted by Gasteiger charge is -2.07.